The highest BCUT2D eigenvalue weighted by Crippen LogP contribution is 2.44. The predicted octanol–water partition coefficient (Wildman–Crippen LogP) is 3.83. The highest BCUT2D eigenvalue weighted by atomic mass is 32.2. The van der Waals surface area contributed by atoms with Gasteiger partial charge in [-0.3, -0.25) is 0 Å². The van der Waals surface area contributed by atoms with Gasteiger partial charge in [0.1, 0.15) is 0 Å². The SMILES string of the molecule is CNC1C(SC2CCCC2)CCCC1(C)C. The lowest BCUT2D eigenvalue weighted by molar-refractivity contribution is 0.182. The molecule has 0 aliphatic heterocycles. The lowest BCUT2D eigenvalue weighted by atomic mass is 9.73. The van der Waals surface area contributed by atoms with Gasteiger partial charge in [0.15, 0.2) is 0 Å². The third-order valence-electron chi connectivity index (χ3n) is 4.50. The fraction of sp³-hybridized carbons (Fsp3) is 1.00. The molecule has 0 heterocycles. The van der Waals surface area contributed by atoms with Crippen LogP contribution in [-0.2, 0) is 0 Å². The summed E-state index contributed by atoms with van der Waals surface area (Å²) in [4.78, 5) is 0. The predicted molar refractivity (Wildman–Crippen MR) is 74.1 cm³/mol. The first kappa shape index (κ1) is 12.8. The Labute approximate surface area is 105 Å². The van der Waals surface area contributed by atoms with Crippen LogP contribution in [0.15, 0.2) is 0 Å². The zero-order chi connectivity index (χ0) is 11.6. The third kappa shape index (κ3) is 2.76. The molecule has 2 aliphatic rings. The minimum absolute atomic E-state index is 0.489. The van der Waals surface area contributed by atoms with Gasteiger partial charge in [-0.2, -0.15) is 11.8 Å². The second kappa shape index (κ2) is 5.30. The number of hydrogen-bond donors (Lipinski definition) is 1. The minimum atomic E-state index is 0.489. The first-order valence-corrected chi connectivity index (χ1v) is 7.90. The maximum absolute atomic E-state index is 3.60. The van der Waals surface area contributed by atoms with Gasteiger partial charge in [-0.05, 0) is 38.1 Å². The van der Waals surface area contributed by atoms with Crippen molar-refractivity contribution >= 4 is 11.8 Å². The molecule has 2 saturated carbocycles. The second-order valence-electron chi connectivity index (χ2n) is 6.23. The Morgan fingerprint density at radius 3 is 2.38 bits per heavy atom. The van der Waals surface area contributed by atoms with Crippen LogP contribution in [0.3, 0.4) is 0 Å². The molecular weight excluding hydrogens is 214 g/mol. The topological polar surface area (TPSA) is 12.0 Å². The molecular formula is C14H27NS. The number of hydrogen-bond acceptors (Lipinski definition) is 2. The van der Waals surface area contributed by atoms with Gasteiger partial charge in [-0.15, -0.1) is 0 Å². The van der Waals surface area contributed by atoms with E-state index in [2.05, 4.69) is 38.0 Å². The van der Waals surface area contributed by atoms with E-state index in [4.69, 9.17) is 0 Å². The van der Waals surface area contributed by atoms with Crippen molar-refractivity contribution in [3.8, 4) is 0 Å². The van der Waals surface area contributed by atoms with Crippen LogP contribution in [0.5, 0.6) is 0 Å². The molecule has 94 valence electrons. The average Bonchev–Trinajstić information content (AvgIpc) is 2.69. The van der Waals surface area contributed by atoms with Crippen LogP contribution in [0.25, 0.3) is 0 Å². The Balaban J connectivity index is 1.95. The maximum Gasteiger partial charge on any atom is 0.0234 e. The number of thioether (sulfide) groups is 1. The van der Waals surface area contributed by atoms with Crippen LogP contribution in [0.4, 0.5) is 0 Å². The Kier molecular flexibility index (Phi) is 4.23. The van der Waals surface area contributed by atoms with E-state index in [1.165, 1.54) is 44.9 Å². The van der Waals surface area contributed by atoms with Crippen molar-refractivity contribution in [2.24, 2.45) is 5.41 Å². The monoisotopic (exact) mass is 241 g/mol. The zero-order valence-corrected chi connectivity index (χ0v) is 11.9. The van der Waals surface area contributed by atoms with Crippen LogP contribution < -0.4 is 5.32 Å². The summed E-state index contributed by atoms with van der Waals surface area (Å²) in [7, 11) is 2.15. The molecule has 0 saturated heterocycles. The first-order chi connectivity index (χ1) is 7.63. The molecule has 1 nitrogen and oxygen atoms in total. The van der Waals surface area contributed by atoms with Gasteiger partial charge < -0.3 is 5.32 Å². The fourth-order valence-electron chi connectivity index (χ4n) is 3.58. The van der Waals surface area contributed by atoms with Crippen molar-refractivity contribution in [2.75, 3.05) is 7.05 Å². The van der Waals surface area contributed by atoms with Crippen molar-refractivity contribution in [1.29, 1.82) is 0 Å². The van der Waals surface area contributed by atoms with Gasteiger partial charge in [-0.1, -0.05) is 33.1 Å². The largest absolute Gasteiger partial charge is 0.315 e. The van der Waals surface area contributed by atoms with E-state index in [0.717, 1.165) is 10.5 Å². The number of nitrogens with one attached hydrogen (secondary N) is 1. The van der Waals surface area contributed by atoms with E-state index in [9.17, 15) is 0 Å². The summed E-state index contributed by atoms with van der Waals surface area (Å²) in [6.07, 6.45) is 10.1. The molecule has 2 heteroatoms. The summed E-state index contributed by atoms with van der Waals surface area (Å²) >= 11 is 2.30. The van der Waals surface area contributed by atoms with Gasteiger partial charge in [0.05, 0.1) is 0 Å². The summed E-state index contributed by atoms with van der Waals surface area (Å²) in [5, 5.41) is 5.42. The molecule has 0 amide bonds. The average molecular weight is 241 g/mol. The molecule has 2 aliphatic carbocycles. The molecule has 0 bridgehead atoms. The van der Waals surface area contributed by atoms with E-state index in [0.29, 0.717) is 11.5 Å². The standard InChI is InChI=1S/C14H27NS/c1-14(2)10-6-9-12(13(14)15-3)16-11-7-4-5-8-11/h11-13,15H,4-10H2,1-3H3. The van der Waals surface area contributed by atoms with E-state index in [1.807, 2.05) is 0 Å². The normalized spacial score (nSPS) is 35.4. The molecule has 0 radical (unpaired) electrons. The van der Waals surface area contributed by atoms with E-state index < -0.39 is 0 Å². The third-order valence-corrected chi connectivity index (χ3v) is 6.22. The molecule has 2 fully saturated rings. The smallest absolute Gasteiger partial charge is 0.0234 e. The lowest BCUT2D eigenvalue weighted by Gasteiger charge is -2.44. The van der Waals surface area contributed by atoms with Crippen LogP contribution >= 0.6 is 11.8 Å². The Morgan fingerprint density at radius 2 is 1.75 bits per heavy atom. The highest BCUT2D eigenvalue weighted by Gasteiger charge is 2.39. The first-order valence-electron chi connectivity index (χ1n) is 6.96. The summed E-state index contributed by atoms with van der Waals surface area (Å²) in [5.74, 6) is 0. The molecule has 0 aromatic carbocycles. The minimum Gasteiger partial charge on any atom is -0.315 e. The van der Waals surface area contributed by atoms with Crippen molar-refractivity contribution < 1.29 is 0 Å². The van der Waals surface area contributed by atoms with Crippen molar-refractivity contribution in [1.82, 2.24) is 5.32 Å². The van der Waals surface area contributed by atoms with Gasteiger partial charge in [0.2, 0.25) is 0 Å². The molecule has 2 atom stereocenters. The summed E-state index contributed by atoms with van der Waals surface area (Å²) in [6.45, 7) is 4.88. The maximum atomic E-state index is 3.60. The zero-order valence-electron chi connectivity index (χ0n) is 11.1. The second-order valence-corrected chi connectivity index (χ2v) is 7.77. The molecule has 2 rings (SSSR count). The molecule has 1 N–H and O–H groups in total. The Hall–Kier alpha value is 0.310. The number of rotatable bonds is 3. The van der Waals surface area contributed by atoms with Crippen LogP contribution in [0.1, 0.15) is 58.8 Å². The Morgan fingerprint density at radius 1 is 1.06 bits per heavy atom. The lowest BCUT2D eigenvalue weighted by Crippen LogP contribution is -2.50. The summed E-state index contributed by atoms with van der Waals surface area (Å²) in [5.41, 5.74) is 0.489. The van der Waals surface area contributed by atoms with E-state index in [-0.39, 0.29) is 0 Å². The van der Waals surface area contributed by atoms with Crippen LogP contribution in [0.2, 0.25) is 0 Å². The molecule has 0 spiro atoms. The van der Waals surface area contributed by atoms with Gasteiger partial charge in [0, 0.05) is 16.5 Å². The van der Waals surface area contributed by atoms with Crippen molar-refractivity contribution in [2.45, 2.75) is 75.3 Å². The summed E-state index contributed by atoms with van der Waals surface area (Å²) < 4.78 is 0. The summed E-state index contributed by atoms with van der Waals surface area (Å²) in [6, 6.07) is 0.715. The van der Waals surface area contributed by atoms with Gasteiger partial charge >= 0.3 is 0 Å². The van der Waals surface area contributed by atoms with Gasteiger partial charge in [0.25, 0.3) is 0 Å². The van der Waals surface area contributed by atoms with Crippen LogP contribution in [0, 0.1) is 5.41 Å². The van der Waals surface area contributed by atoms with Crippen LogP contribution in [-0.4, -0.2) is 23.6 Å². The highest BCUT2D eigenvalue weighted by molar-refractivity contribution is 8.00. The van der Waals surface area contributed by atoms with E-state index >= 15 is 0 Å². The van der Waals surface area contributed by atoms with Crippen molar-refractivity contribution in [3.63, 3.8) is 0 Å². The molecule has 2 unspecified atom stereocenters. The fourth-order valence-corrected chi connectivity index (χ4v) is 5.64. The van der Waals surface area contributed by atoms with Gasteiger partial charge in [-0.25, -0.2) is 0 Å². The quantitative estimate of drug-likeness (QED) is 0.806. The van der Waals surface area contributed by atoms with Crippen molar-refractivity contribution in [3.05, 3.63) is 0 Å². The van der Waals surface area contributed by atoms with E-state index in [1.54, 1.807) is 0 Å². The molecule has 0 aromatic heterocycles. The Bertz CT molecular complexity index is 221. The molecule has 0 aromatic rings. The molecule has 16 heavy (non-hydrogen) atoms.